The molecule has 0 amide bonds. The highest BCUT2D eigenvalue weighted by Crippen LogP contribution is 2.31. The van der Waals surface area contributed by atoms with Gasteiger partial charge in [0.25, 0.3) is 0 Å². The van der Waals surface area contributed by atoms with Crippen LogP contribution in [0, 0.1) is 5.41 Å². The van der Waals surface area contributed by atoms with Gasteiger partial charge in [0.2, 0.25) is 10.0 Å². The van der Waals surface area contributed by atoms with E-state index < -0.39 is 10.0 Å². The van der Waals surface area contributed by atoms with Crippen LogP contribution < -0.4 is 5.73 Å². The monoisotopic (exact) mass is 219 g/mol. The van der Waals surface area contributed by atoms with Gasteiger partial charge in [-0.3, -0.25) is 5.41 Å². The van der Waals surface area contributed by atoms with Crippen molar-refractivity contribution in [3.63, 3.8) is 0 Å². The van der Waals surface area contributed by atoms with Gasteiger partial charge < -0.3 is 5.73 Å². The van der Waals surface area contributed by atoms with Gasteiger partial charge in [0.05, 0.1) is 11.8 Å². The van der Waals surface area contributed by atoms with Crippen LogP contribution in [-0.4, -0.2) is 36.4 Å². The maximum absolute atomic E-state index is 11.8. The second-order valence-electron chi connectivity index (χ2n) is 3.91. The molecule has 0 aromatic heterocycles. The lowest BCUT2D eigenvalue weighted by Gasteiger charge is -2.25. The van der Waals surface area contributed by atoms with Gasteiger partial charge in [-0.15, -0.1) is 0 Å². The third kappa shape index (κ3) is 2.45. The summed E-state index contributed by atoms with van der Waals surface area (Å²) in [5.41, 5.74) is 5.23. The Hall–Kier alpha value is -0.620. The van der Waals surface area contributed by atoms with Crippen LogP contribution in [0.15, 0.2) is 0 Å². The number of hydrogen-bond donors (Lipinski definition) is 2. The van der Waals surface area contributed by atoms with Crippen molar-refractivity contribution in [1.29, 1.82) is 5.41 Å². The molecule has 1 fully saturated rings. The number of sulfonamides is 1. The van der Waals surface area contributed by atoms with Crippen molar-refractivity contribution >= 4 is 15.9 Å². The van der Waals surface area contributed by atoms with E-state index in [4.69, 9.17) is 11.1 Å². The maximum atomic E-state index is 11.8. The van der Waals surface area contributed by atoms with E-state index in [0.29, 0.717) is 0 Å². The summed E-state index contributed by atoms with van der Waals surface area (Å²) in [4.78, 5) is 0. The summed E-state index contributed by atoms with van der Waals surface area (Å²) in [6.45, 7) is 3.60. The van der Waals surface area contributed by atoms with Gasteiger partial charge in [-0.05, 0) is 26.7 Å². The van der Waals surface area contributed by atoms with Gasteiger partial charge >= 0.3 is 0 Å². The lowest BCUT2D eigenvalue weighted by Crippen LogP contribution is -2.44. The number of rotatable bonds is 5. The normalized spacial score (nSPS) is 17.7. The predicted molar refractivity (Wildman–Crippen MR) is 55.7 cm³/mol. The number of nitrogens with zero attached hydrogens (tertiary/aromatic N) is 1. The number of hydrogen-bond acceptors (Lipinski definition) is 3. The molecule has 1 rings (SSSR count). The molecule has 0 aromatic carbocycles. The van der Waals surface area contributed by atoms with Crippen LogP contribution in [0.25, 0.3) is 0 Å². The van der Waals surface area contributed by atoms with Crippen LogP contribution in [0.2, 0.25) is 0 Å². The van der Waals surface area contributed by atoms with E-state index in [1.54, 1.807) is 13.8 Å². The number of amidine groups is 1. The molecular weight excluding hydrogens is 202 g/mol. The van der Waals surface area contributed by atoms with E-state index in [2.05, 4.69) is 0 Å². The molecule has 0 radical (unpaired) electrons. The first kappa shape index (κ1) is 11.5. The minimum Gasteiger partial charge on any atom is -0.387 e. The Balaban J connectivity index is 2.81. The lowest BCUT2D eigenvalue weighted by atomic mass is 10.4. The first-order valence-electron chi connectivity index (χ1n) is 4.69. The Bertz CT molecular complexity index is 319. The summed E-state index contributed by atoms with van der Waals surface area (Å²) in [6.07, 6.45) is 1.48. The van der Waals surface area contributed by atoms with Crippen molar-refractivity contribution in [3.05, 3.63) is 0 Å². The van der Waals surface area contributed by atoms with Crippen LogP contribution in [0.3, 0.4) is 0 Å². The molecule has 0 aliphatic heterocycles. The Morgan fingerprint density at radius 3 is 2.36 bits per heavy atom. The van der Waals surface area contributed by atoms with Gasteiger partial charge in [0, 0.05) is 6.04 Å². The smallest absolute Gasteiger partial charge is 0.217 e. The van der Waals surface area contributed by atoms with E-state index in [1.165, 1.54) is 4.31 Å². The SMILES string of the molecule is CC(C)N(CC(=N)N)S(=O)(=O)C1CC1. The second kappa shape index (κ2) is 3.86. The molecule has 3 N–H and O–H groups in total. The molecule has 0 heterocycles. The molecule has 82 valence electrons. The van der Waals surface area contributed by atoms with Crippen LogP contribution in [-0.2, 0) is 10.0 Å². The first-order chi connectivity index (χ1) is 6.35. The van der Waals surface area contributed by atoms with Gasteiger partial charge in [-0.1, -0.05) is 0 Å². The van der Waals surface area contributed by atoms with Crippen LogP contribution in [0.1, 0.15) is 26.7 Å². The molecule has 1 saturated carbocycles. The minimum absolute atomic E-state index is 0.0104. The summed E-state index contributed by atoms with van der Waals surface area (Å²) < 4.78 is 25.0. The molecule has 0 atom stereocenters. The van der Waals surface area contributed by atoms with Gasteiger partial charge in [-0.2, -0.15) is 4.31 Å². The predicted octanol–water partition coefficient (Wildman–Crippen LogP) is 0.125. The standard InChI is InChI=1S/C8H17N3O2S/c1-6(2)11(5-8(9)10)14(12,13)7-3-4-7/h6-7H,3-5H2,1-2H3,(H3,9,10). The van der Waals surface area contributed by atoms with Gasteiger partial charge in [-0.25, -0.2) is 8.42 Å². The summed E-state index contributed by atoms with van der Waals surface area (Å²) in [5.74, 6) is -0.108. The van der Waals surface area contributed by atoms with E-state index in [9.17, 15) is 8.42 Å². The Labute approximate surface area is 84.8 Å². The highest BCUT2D eigenvalue weighted by molar-refractivity contribution is 7.90. The van der Waals surface area contributed by atoms with Crippen molar-refractivity contribution in [2.45, 2.75) is 38.0 Å². The van der Waals surface area contributed by atoms with Crippen LogP contribution in [0.5, 0.6) is 0 Å². The van der Waals surface area contributed by atoms with Crippen molar-refractivity contribution in [1.82, 2.24) is 4.31 Å². The van der Waals surface area contributed by atoms with Crippen molar-refractivity contribution in [2.24, 2.45) is 5.73 Å². The number of nitrogens with two attached hydrogens (primary N) is 1. The molecule has 0 bridgehead atoms. The van der Waals surface area contributed by atoms with E-state index in [0.717, 1.165) is 12.8 Å². The Morgan fingerprint density at radius 2 is 2.07 bits per heavy atom. The quantitative estimate of drug-likeness (QED) is 0.508. The molecular formula is C8H17N3O2S. The molecule has 1 aliphatic carbocycles. The zero-order chi connectivity index (χ0) is 10.9. The highest BCUT2D eigenvalue weighted by atomic mass is 32.2. The zero-order valence-electron chi connectivity index (χ0n) is 8.53. The van der Waals surface area contributed by atoms with E-state index in [1.807, 2.05) is 0 Å². The van der Waals surface area contributed by atoms with Gasteiger partial charge in [0.15, 0.2) is 0 Å². The third-order valence-electron chi connectivity index (χ3n) is 2.17. The molecule has 0 saturated heterocycles. The van der Waals surface area contributed by atoms with Crippen LogP contribution >= 0.6 is 0 Å². The molecule has 6 heteroatoms. The third-order valence-corrected chi connectivity index (χ3v) is 4.69. The van der Waals surface area contributed by atoms with E-state index >= 15 is 0 Å². The van der Waals surface area contributed by atoms with Crippen molar-refractivity contribution in [2.75, 3.05) is 6.54 Å². The summed E-state index contributed by atoms with van der Waals surface area (Å²) in [7, 11) is -3.21. The fraction of sp³-hybridized carbons (Fsp3) is 0.875. The lowest BCUT2D eigenvalue weighted by molar-refractivity contribution is 0.388. The Morgan fingerprint density at radius 1 is 1.57 bits per heavy atom. The molecule has 0 spiro atoms. The average Bonchev–Trinajstić information content (AvgIpc) is 2.80. The zero-order valence-corrected chi connectivity index (χ0v) is 9.34. The topological polar surface area (TPSA) is 87.2 Å². The fourth-order valence-corrected chi connectivity index (χ4v) is 3.31. The molecule has 0 unspecified atom stereocenters. The molecule has 1 aliphatic rings. The fourth-order valence-electron chi connectivity index (χ4n) is 1.29. The average molecular weight is 219 g/mol. The first-order valence-corrected chi connectivity index (χ1v) is 6.19. The Kier molecular flexibility index (Phi) is 3.16. The molecule has 5 nitrogen and oxygen atoms in total. The maximum Gasteiger partial charge on any atom is 0.217 e. The number of nitrogens with one attached hydrogen (secondary N) is 1. The van der Waals surface area contributed by atoms with Gasteiger partial charge in [0.1, 0.15) is 5.84 Å². The molecule has 14 heavy (non-hydrogen) atoms. The highest BCUT2D eigenvalue weighted by Gasteiger charge is 2.41. The summed E-state index contributed by atoms with van der Waals surface area (Å²) in [5, 5.41) is 6.90. The molecule has 0 aromatic rings. The second-order valence-corrected chi connectivity index (χ2v) is 6.07. The van der Waals surface area contributed by atoms with Crippen LogP contribution in [0.4, 0.5) is 0 Å². The summed E-state index contributed by atoms with van der Waals surface area (Å²) in [6, 6.07) is -0.135. The summed E-state index contributed by atoms with van der Waals surface area (Å²) >= 11 is 0. The largest absolute Gasteiger partial charge is 0.387 e. The van der Waals surface area contributed by atoms with E-state index in [-0.39, 0.29) is 23.7 Å². The van der Waals surface area contributed by atoms with Crippen molar-refractivity contribution in [3.8, 4) is 0 Å². The van der Waals surface area contributed by atoms with Crippen molar-refractivity contribution < 1.29 is 8.42 Å². The minimum atomic E-state index is -3.21.